The first-order chi connectivity index (χ1) is 12.8. The van der Waals surface area contributed by atoms with Gasteiger partial charge in [0.15, 0.2) is 8.07 Å². The van der Waals surface area contributed by atoms with Gasteiger partial charge in [0.1, 0.15) is 0 Å². The molecule has 0 saturated heterocycles. The number of hydrogen-bond donors (Lipinski definition) is 0. The predicted octanol–water partition coefficient (Wildman–Crippen LogP) is 3.68. The molecule has 0 unspecified atom stereocenters. The first-order valence-corrected chi connectivity index (χ1v) is 11.3. The standard InChI is InChI=1S/C24H15ClSi/c25-20-12-7-11-19-18-10-3-6-15-23(18)26(24(19)20)21-13-4-1-8-16(21)17-9-2-5-14-22(17)26/h1-15H. The normalized spacial score (nSPS) is 14.7. The van der Waals surface area contributed by atoms with E-state index in [0.717, 1.165) is 5.02 Å². The van der Waals surface area contributed by atoms with Crippen LogP contribution in [-0.2, 0) is 0 Å². The minimum atomic E-state index is -2.33. The van der Waals surface area contributed by atoms with Gasteiger partial charge >= 0.3 is 0 Å². The van der Waals surface area contributed by atoms with Gasteiger partial charge in [-0.3, -0.25) is 0 Å². The van der Waals surface area contributed by atoms with Crippen LogP contribution in [0.15, 0.2) is 91.0 Å². The van der Waals surface area contributed by atoms with Crippen molar-refractivity contribution in [1.82, 2.24) is 0 Å². The number of rotatable bonds is 0. The van der Waals surface area contributed by atoms with Crippen LogP contribution in [0.4, 0.5) is 0 Å². The minimum Gasteiger partial charge on any atom is -0.0844 e. The van der Waals surface area contributed by atoms with E-state index < -0.39 is 8.07 Å². The fraction of sp³-hybridized carbons (Fsp3) is 0. The molecule has 0 nitrogen and oxygen atoms in total. The Labute approximate surface area is 158 Å². The van der Waals surface area contributed by atoms with E-state index in [1.807, 2.05) is 0 Å². The van der Waals surface area contributed by atoms with Gasteiger partial charge in [0.2, 0.25) is 0 Å². The highest BCUT2D eigenvalue weighted by molar-refractivity contribution is 7.24. The maximum absolute atomic E-state index is 6.90. The molecule has 4 aromatic carbocycles. The third-order valence-corrected chi connectivity index (χ3v) is 11.5. The Hall–Kier alpha value is -2.61. The van der Waals surface area contributed by atoms with Crippen molar-refractivity contribution < 1.29 is 0 Å². The predicted molar refractivity (Wildman–Crippen MR) is 113 cm³/mol. The van der Waals surface area contributed by atoms with Gasteiger partial charge in [0.25, 0.3) is 0 Å². The van der Waals surface area contributed by atoms with Crippen LogP contribution < -0.4 is 20.7 Å². The molecular formula is C24H15ClSi. The fourth-order valence-electron chi connectivity index (χ4n) is 5.10. The number of hydrogen-bond acceptors (Lipinski definition) is 0. The van der Waals surface area contributed by atoms with Crippen LogP contribution in [0, 0.1) is 0 Å². The highest BCUT2D eigenvalue weighted by Crippen LogP contribution is 2.37. The van der Waals surface area contributed by atoms with Crippen molar-refractivity contribution in [1.29, 1.82) is 0 Å². The summed E-state index contributed by atoms with van der Waals surface area (Å²) in [6, 6.07) is 33.2. The maximum atomic E-state index is 6.90. The smallest absolute Gasteiger partial charge is 0.0844 e. The number of halogens is 1. The van der Waals surface area contributed by atoms with Gasteiger partial charge in [-0.2, -0.15) is 0 Å². The van der Waals surface area contributed by atoms with Crippen molar-refractivity contribution in [2.45, 2.75) is 0 Å². The second-order valence-electron chi connectivity index (χ2n) is 7.05. The topological polar surface area (TPSA) is 0 Å². The molecular weight excluding hydrogens is 352 g/mol. The van der Waals surface area contributed by atoms with E-state index in [4.69, 9.17) is 11.6 Å². The van der Waals surface area contributed by atoms with Crippen LogP contribution in [-0.4, -0.2) is 8.07 Å². The first kappa shape index (κ1) is 14.5. The Bertz CT molecular complexity index is 1140. The molecule has 26 heavy (non-hydrogen) atoms. The van der Waals surface area contributed by atoms with E-state index in [0.29, 0.717) is 0 Å². The molecule has 0 fully saturated rings. The lowest BCUT2D eigenvalue weighted by molar-refractivity contribution is 1.71. The van der Waals surface area contributed by atoms with Gasteiger partial charge in [0, 0.05) is 5.02 Å². The highest BCUT2D eigenvalue weighted by atomic mass is 35.5. The van der Waals surface area contributed by atoms with Crippen molar-refractivity contribution in [3.8, 4) is 22.3 Å². The van der Waals surface area contributed by atoms with Crippen LogP contribution in [0.25, 0.3) is 22.3 Å². The Morgan fingerprint density at radius 1 is 0.462 bits per heavy atom. The first-order valence-electron chi connectivity index (χ1n) is 8.92. The Morgan fingerprint density at radius 2 is 0.885 bits per heavy atom. The van der Waals surface area contributed by atoms with Gasteiger partial charge in [-0.05, 0) is 49.1 Å². The lowest BCUT2D eigenvalue weighted by Gasteiger charge is -2.28. The van der Waals surface area contributed by atoms with Gasteiger partial charge in [-0.25, -0.2) is 0 Å². The van der Waals surface area contributed by atoms with Crippen molar-refractivity contribution in [3.63, 3.8) is 0 Å². The quantitative estimate of drug-likeness (QED) is 0.360. The largest absolute Gasteiger partial charge is 0.183 e. The average molecular weight is 367 g/mol. The second kappa shape index (κ2) is 4.97. The van der Waals surface area contributed by atoms with E-state index in [1.54, 1.807) is 0 Å². The fourth-order valence-corrected chi connectivity index (χ4v) is 11.4. The third-order valence-electron chi connectivity index (χ3n) is 5.96. The molecule has 2 aliphatic rings. The molecule has 122 valence electrons. The zero-order valence-electron chi connectivity index (χ0n) is 14.0. The van der Waals surface area contributed by atoms with Gasteiger partial charge in [-0.1, -0.05) is 96.5 Å². The zero-order chi connectivity index (χ0) is 17.3. The van der Waals surface area contributed by atoms with Crippen molar-refractivity contribution in [2.75, 3.05) is 0 Å². The van der Waals surface area contributed by atoms with Crippen molar-refractivity contribution in [3.05, 3.63) is 96.0 Å². The van der Waals surface area contributed by atoms with E-state index in [1.165, 1.54) is 43.0 Å². The Kier molecular flexibility index (Phi) is 2.78. The summed E-state index contributed by atoms with van der Waals surface area (Å²) in [5.74, 6) is 0. The Morgan fingerprint density at radius 3 is 1.42 bits per heavy atom. The summed E-state index contributed by atoms with van der Waals surface area (Å²) in [5.41, 5.74) is 5.41. The summed E-state index contributed by atoms with van der Waals surface area (Å²) >= 11 is 6.90. The van der Waals surface area contributed by atoms with E-state index in [-0.39, 0.29) is 0 Å². The summed E-state index contributed by atoms with van der Waals surface area (Å²) in [5, 5.41) is 6.68. The molecule has 0 atom stereocenters. The van der Waals surface area contributed by atoms with Crippen LogP contribution in [0.3, 0.4) is 0 Å². The van der Waals surface area contributed by atoms with Gasteiger partial charge in [0.05, 0.1) is 0 Å². The van der Waals surface area contributed by atoms with Crippen molar-refractivity contribution >= 4 is 40.4 Å². The molecule has 0 aliphatic carbocycles. The summed E-state index contributed by atoms with van der Waals surface area (Å²) in [7, 11) is -2.33. The molecule has 1 spiro atoms. The van der Waals surface area contributed by atoms with Crippen LogP contribution in [0.5, 0.6) is 0 Å². The Balaban J connectivity index is 1.90. The summed E-state index contributed by atoms with van der Waals surface area (Å²) < 4.78 is 0. The zero-order valence-corrected chi connectivity index (χ0v) is 15.8. The molecule has 0 saturated carbocycles. The third kappa shape index (κ3) is 1.52. The second-order valence-corrected chi connectivity index (χ2v) is 11.1. The summed E-state index contributed by atoms with van der Waals surface area (Å²) in [4.78, 5) is 0. The molecule has 6 rings (SSSR count). The van der Waals surface area contributed by atoms with Crippen molar-refractivity contribution in [2.24, 2.45) is 0 Å². The summed E-state index contributed by atoms with van der Waals surface area (Å²) in [6.45, 7) is 0. The monoisotopic (exact) mass is 366 g/mol. The number of benzene rings is 4. The highest BCUT2D eigenvalue weighted by Gasteiger charge is 2.54. The molecule has 0 N–H and O–H groups in total. The molecule has 0 radical (unpaired) electrons. The van der Waals surface area contributed by atoms with E-state index in [9.17, 15) is 0 Å². The molecule has 2 aliphatic heterocycles. The minimum absolute atomic E-state index is 0.900. The molecule has 2 heterocycles. The average Bonchev–Trinajstić information content (AvgIpc) is 3.16. The molecule has 0 aromatic heterocycles. The van der Waals surface area contributed by atoms with E-state index >= 15 is 0 Å². The summed E-state index contributed by atoms with van der Waals surface area (Å²) in [6.07, 6.45) is 0. The lowest BCUT2D eigenvalue weighted by atomic mass is 10.1. The lowest BCUT2D eigenvalue weighted by Crippen LogP contribution is -2.71. The molecule has 4 aromatic rings. The molecule has 0 amide bonds. The van der Waals surface area contributed by atoms with Crippen LogP contribution in [0.2, 0.25) is 5.02 Å². The van der Waals surface area contributed by atoms with Crippen LogP contribution in [0.1, 0.15) is 0 Å². The molecule has 0 bridgehead atoms. The van der Waals surface area contributed by atoms with E-state index in [2.05, 4.69) is 91.0 Å². The number of fused-ring (bicyclic) bond motifs is 10. The SMILES string of the molecule is Clc1cccc2c1[Si]1(c3ccccc3-c3ccccc31)c1ccccc1-2. The van der Waals surface area contributed by atoms with Crippen LogP contribution >= 0.6 is 11.6 Å². The maximum Gasteiger partial charge on any atom is 0.183 e. The van der Waals surface area contributed by atoms with Gasteiger partial charge in [-0.15, -0.1) is 0 Å². The van der Waals surface area contributed by atoms with Gasteiger partial charge < -0.3 is 0 Å². The molecule has 2 heteroatoms.